The fourth-order valence-electron chi connectivity index (χ4n) is 5.55. The molecule has 1 unspecified atom stereocenters. The van der Waals surface area contributed by atoms with E-state index in [2.05, 4.69) is 22.2 Å². The fourth-order valence-corrected chi connectivity index (χ4v) is 5.55. The van der Waals surface area contributed by atoms with Crippen LogP contribution in [0.3, 0.4) is 0 Å². The summed E-state index contributed by atoms with van der Waals surface area (Å²) in [4.78, 5) is 7.71. The fraction of sp³-hybridized carbons (Fsp3) is 0.750. The van der Waals surface area contributed by atoms with Crippen LogP contribution >= 0.6 is 0 Å². The summed E-state index contributed by atoms with van der Waals surface area (Å²) in [7, 11) is 0. The Bertz CT molecular complexity index is 524. The van der Waals surface area contributed by atoms with Crippen molar-refractivity contribution in [1.82, 2.24) is 9.97 Å². The molecule has 0 saturated heterocycles. The van der Waals surface area contributed by atoms with Crippen LogP contribution in [-0.4, -0.2) is 16.0 Å². The minimum Gasteiger partial charge on any atom is -0.368 e. The zero-order valence-corrected chi connectivity index (χ0v) is 12.5. The molecule has 4 bridgehead atoms. The normalized spacial score (nSPS) is 38.5. The van der Waals surface area contributed by atoms with Crippen LogP contribution in [-0.2, 0) is 0 Å². The van der Waals surface area contributed by atoms with E-state index in [1.54, 1.807) is 0 Å². The maximum Gasteiger partial charge on any atom is 0.222 e. The molecule has 4 nitrogen and oxygen atoms in total. The zero-order chi connectivity index (χ0) is 14.6. The highest BCUT2D eigenvalue weighted by atomic mass is 19.1. The molecule has 0 amide bonds. The van der Waals surface area contributed by atoms with Gasteiger partial charge in [-0.25, -0.2) is 9.37 Å². The van der Waals surface area contributed by atoms with Crippen molar-refractivity contribution in [3.8, 4) is 0 Å². The lowest BCUT2D eigenvalue weighted by molar-refractivity contribution is -0.0603. The number of nitrogens with two attached hydrogens (primary N) is 1. The Balaban J connectivity index is 1.57. The third kappa shape index (κ3) is 2.17. The molecule has 0 spiro atoms. The molecule has 21 heavy (non-hydrogen) atoms. The number of nitrogens with zero attached hydrogens (tertiary/aromatic N) is 2. The second kappa shape index (κ2) is 4.55. The monoisotopic (exact) mass is 290 g/mol. The lowest BCUT2D eigenvalue weighted by Gasteiger charge is -2.59. The molecule has 1 heterocycles. The van der Waals surface area contributed by atoms with Crippen LogP contribution in [0.1, 0.15) is 45.4 Å². The van der Waals surface area contributed by atoms with Gasteiger partial charge < -0.3 is 11.1 Å². The van der Waals surface area contributed by atoms with Crippen molar-refractivity contribution >= 4 is 11.8 Å². The average molecular weight is 290 g/mol. The number of anilines is 2. The van der Waals surface area contributed by atoms with Gasteiger partial charge in [0, 0.05) is 6.04 Å². The molecule has 3 N–H and O–H groups in total. The van der Waals surface area contributed by atoms with Crippen LogP contribution < -0.4 is 11.1 Å². The van der Waals surface area contributed by atoms with Crippen molar-refractivity contribution in [3.05, 3.63) is 12.0 Å². The lowest BCUT2D eigenvalue weighted by Crippen LogP contribution is -2.53. The van der Waals surface area contributed by atoms with E-state index >= 15 is 0 Å². The smallest absolute Gasteiger partial charge is 0.222 e. The maximum atomic E-state index is 13.9. The van der Waals surface area contributed by atoms with Crippen LogP contribution in [0.2, 0.25) is 0 Å². The standard InChI is InChI=1S/C16H23FN4/c1-9(20-14-13(17)8-19-15(18)21-14)16-5-10-2-11(6-16)4-12(3-10)7-16/h8-12H,2-7H2,1H3,(H3,18,19,20,21). The van der Waals surface area contributed by atoms with E-state index in [0.717, 1.165) is 24.0 Å². The molecule has 4 aliphatic rings. The molecule has 0 radical (unpaired) electrons. The number of halogens is 1. The SMILES string of the molecule is CC(Nc1nc(N)ncc1F)C12CC3CC(CC(C3)C1)C2. The third-order valence-electron chi connectivity index (χ3n) is 6.12. The van der Waals surface area contributed by atoms with Gasteiger partial charge in [0.2, 0.25) is 5.95 Å². The van der Waals surface area contributed by atoms with Gasteiger partial charge in [-0.1, -0.05) is 0 Å². The van der Waals surface area contributed by atoms with Gasteiger partial charge in [-0.05, 0) is 68.6 Å². The summed E-state index contributed by atoms with van der Waals surface area (Å²) in [6.07, 6.45) is 9.26. The zero-order valence-electron chi connectivity index (χ0n) is 12.5. The van der Waals surface area contributed by atoms with Gasteiger partial charge in [0.05, 0.1) is 6.20 Å². The van der Waals surface area contributed by atoms with Crippen molar-refractivity contribution < 1.29 is 4.39 Å². The highest BCUT2D eigenvalue weighted by Crippen LogP contribution is 2.61. The predicted octanol–water partition coefficient (Wildman–Crippen LogP) is 3.21. The summed E-state index contributed by atoms with van der Waals surface area (Å²) in [5.41, 5.74) is 5.90. The third-order valence-corrected chi connectivity index (χ3v) is 6.12. The molecular weight excluding hydrogens is 267 g/mol. The molecule has 1 aromatic rings. The van der Waals surface area contributed by atoms with Crippen molar-refractivity contribution in [3.63, 3.8) is 0 Å². The second-order valence-corrected chi connectivity index (χ2v) is 7.57. The number of nitrogens with one attached hydrogen (secondary N) is 1. The molecule has 114 valence electrons. The maximum absolute atomic E-state index is 13.9. The van der Waals surface area contributed by atoms with E-state index in [1.807, 2.05) is 0 Å². The molecular formula is C16H23FN4. The Labute approximate surface area is 124 Å². The average Bonchev–Trinajstić information content (AvgIpc) is 2.41. The first kappa shape index (κ1) is 13.3. The molecule has 0 aliphatic heterocycles. The molecule has 5 heteroatoms. The number of rotatable bonds is 3. The Kier molecular flexibility index (Phi) is 2.88. The van der Waals surface area contributed by atoms with Gasteiger partial charge >= 0.3 is 0 Å². The Morgan fingerprint density at radius 2 is 1.81 bits per heavy atom. The van der Waals surface area contributed by atoms with Gasteiger partial charge in [0.25, 0.3) is 0 Å². The summed E-state index contributed by atoms with van der Waals surface area (Å²) in [6, 6.07) is 0.231. The minimum atomic E-state index is -0.416. The molecule has 1 atom stereocenters. The predicted molar refractivity (Wildman–Crippen MR) is 80.1 cm³/mol. The number of hydrogen-bond donors (Lipinski definition) is 2. The molecule has 4 aliphatic carbocycles. The first-order chi connectivity index (χ1) is 10.0. The highest BCUT2D eigenvalue weighted by Gasteiger charge is 2.53. The van der Waals surface area contributed by atoms with E-state index in [0.29, 0.717) is 5.41 Å². The number of nitrogen functional groups attached to an aromatic ring is 1. The van der Waals surface area contributed by atoms with Gasteiger partial charge in [0.15, 0.2) is 11.6 Å². The van der Waals surface area contributed by atoms with Crippen LogP contribution in [0.15, 0.2) is 6.20 Å². The van der Waals surface area contributed by atoms with E-state index in [4.69, 9.17) is 5.73 Å². The summed E-state index contributed by atoms with van der Waals surface area (Å²) in [5.74, 6) is 2.63. The molecule has 5 rings (SSSR count). The molecule has 4 saturated carbocycles. The van der Waals surface area contributed by atoms with Gasteiger partial charge in [-0.3, -0.25) is 0 Å². The topological polar surface area (TPSA) is 63.8 Å². The van der Waals surface area contributed by atoms with Crippen LogP contribution in [0.5, 0.6) is 0 Å². The van der Waals surface area contributed by atoms with E-state index in [9.17, 15) is 4.39 Å². The van der Waals surface area contributed by atoms with Gasteiger partial charge in [-0.2, -0.15) is 4.98 Å². The minimum absolute atomic E-state index is 0.122. The van der Waals surface area contributed by atoms with Gasteiger partial charge in [-0.15, -0.1) is 0 Å². The molecule has 1 aromatic heterocycles. The number of aromatic nitrogens is 2. The Morgan fingerprint density at radius 3 is 2.38 bits per heavy atom. The Hall–Kier alpha value is -1.39. The van der Waals surface area contributed by atoms with Crippen LogP contribution in [0.4, 0.5) is 16.2 Å². The van der Waals surface area contributed by atoms with Gasteiger partial charge in [0.1, 0.15) is 0 Å². The largest absolute Gasteiger partial charge is 0.368 e. The molecule has 4 fully saturated rings. The van der Waals surface area contributed by atoms with Crippen molar-refractivity contribution in [2.24, 2.45) is 23.2 Å². The van der Waals surface area contributed by atoms with Crippen molar-refractivity contribution in [1.29, 1.82) is 0 Å². The molecule has 0 aromatic carbocycles. The van der Waals surface area contributed by atoms with Crippen molar-refractivity contribution in [2.75, 3.05) is 11.1 Å². The summed E-state index contributed by atoms with van der Waals surface area (Å²) in [5, 5.41) is 3.30. The number of hydrogen-bond acceptors (Lipinski definition) is 4. The van der Waals surface area contributed by atoms with Crippen molar-refractivity contribution in [2.45, 2.75) is 51.5 Å². The van der Waals surface area contributed by atoms with E-state index in [1.165, 1.54) is 38.5 Å². The quantitative estimate of drug-likeness (QED) is 0.897. The van der Waals surface area contributed by atoms with E-state index in [-0.39, 0.29) is 17.8 Å². The second-order valence-electron chi connectivity index (χ2n) is 7.57. The first-order valence-corrected chi connectivity index (χ1v) is 8.08. The van der Waals surface area contributed by atoms with E-state index < -0.39 is 5.82 Å². The van der Waals surface area contributed by atoms with Crippen LogP contribution in [0.25, 0.3) is 0 Å². The van der Waals surface area contributed by atoms with Crippen LogP contribution in [0, 0.1) is 29.0 Å². The Morgan fingerprint density at radius 1 is 1.24 bits per heavy atom. The lowest BCUT2D eigenvalue weighted by atomic mass is 9.48. The summed E-state index contributed by atoms with van der Waals surface area (Å²) >= 11 is 0. The summed E-state index contributed by atoms with van der Waals surface area (Å²) in [6.45, 7) is 2.19. The first-order valence-electron chi connectivity index (χ1n) is 8.08. The summed E-state index contributed by atoms with van der Waals surface area (Å²) < 4.78 is 13.9. The highest BCUT2D eigenvalue weighted by molar-refractivity contribution is 5.40.